The fourth-order valence-electron chi connectivity index (χ4n) is 1.61. The Morgan fingerprint density at radius 2 is 1.95 bits per heavy atom. The topological polar surface area (TPSA) is 90.7 Å². The molecule has 1 amide bonds. The number of para-hydroxylation sites is 1. The van der Waals surface area contributed by atoms with Gasteiger partial charge in [0.2, 0.25) is 0 Å². The minimum atomic E-state index is -0.647. The summed E-state index contributed by atoms with van der Waals surface area (Å²) in [6, 6.07) is 4.78. The Bertz CT molecular complexity index is 514. The van der Waals surface area contributed by atoms with Crippen LogP contribution in [0.5, 0.6) is 5.75 Å². The third-order valence-electron chi connectivity index (χ3n) is 3.19. The van der Waals surface area contributed by atoms with Gasteiger partial charge in [-0.05, 0) is 25.0 Å². The average Bonchev–Trinajstić information content (AvgIpc) is 2.44. The number of anilines is 1. The lowest BCUT2D eigenvalue weighted by molar-refractivity contribution is -0.125. The largest absolute Gasteiger partial charge is 0.494 e. The second-order valence-electron chi connectivity index (χ2n) is 5.10. The molecule has 3 N–H and O–H groups in total. The summed E-state index contributed by atoms with van der Waals surface area (Å²) >= 11 is 0. The van der Waals surface area contributed by atoms with Crippen LogP contribution in [-0.4, -0.2) is 31.6 Å². The number of nitrogens with two attached hydrogens (primary N) is 1. The Balaban J connectivity index is 2.63. The van der Waals surface area contributed by atoms with Crippen molar-refractivity contribution in [3.05, 3.63) is 23.8 Å². The molecule has 0 spiro atoms. The zero-order valence-electron chi connectivity index (χ0n) is 12.8. The Morgan fingerprint density at radius 1 is 1.29 bits per heavy atom. The molecular weight excluding hydrogens is 272 g/mol. The van der Waals surface area contributed by atoms with E-state index in [1.807, 2.05) is 20.8 Å². The summed E-state index contributed by atoms with van der Waals surface area (Å²) in [7, 11) is 1.42. The summed E-state index contributed by atoms with van der Waals surface area (Å²) < 4.78 is 10.1. The molecule has 116 valence electrons. The minimum absolute atomic E-state index is 0.0121. The highest BCUT2D eigenvalue weighted by Crippen LogP contribution is 2.26. The Labute approximate surface area is 124 Å². The molecule has 0 heterocycles. The fraction of sp³-hybridized carbons (Fsp3) is 0.467. The number of ether oxygens (including phenoxy) is 2. The molecule has 0 radical (unpaired) electrons. The van der Waals surface area contributed by atoms with Crippen molar-refractivity contribution >= 4 is 17.6 Å². The molecule has 1 aromatic carbocycles. The van der Waals surface area contributed by atoms with Crippen LogP contribution in [0.1, 0.15) is 31.1 Å². The average molecular weight is 294 g/mol. The zero-order valence-corrected chi connectivity index (χ0v) is 12.8. The van der Waals surface area contributed by atoms with Gasteiger partial charge in [-0.2, -0.15) is 0 Å². The lowest BCUT2D eigenvalue weighted by Crippen LogP contribution is -2.38. The number of nitrogens with one attached hydrogen (secondary N) is 1. The number of methoxy groups -OCH3 is 1. The van der Waals surface area contributed by atoms with Gasteiger partial charge in [-0.15, -0.1) is 0 Å². The molecule has 1 rings (SSSR count). The zero-order chi connectivity index (χ0) is 16.0. The van der Waals surface area contributed by atoms with Gasteiger partial charge in [0.25, 0.3) is 5.91 Å². The first-order chi connectivity index (χ1) is 9.86. The third kappa shape index (κ3) is 4.66. The van der Waals surface area contributed by atoms with Crippen LogP contribution in [0.15, 0.2) is 18.2 Å². The van der Waals surface area contributed by atoms with E-state index >= 15 is 0 Å². The molecule has 0 aromatic heterocycles. The van der Waals surface area contributed by atoms with Gasteiger partial charge in [-0.25, -0.2) is 4.79 Å². The molecule has 0 aliphatic rings. The Morgan fingerprint density at radius 3 is 2.52 bits per heavy atom. The highest BCUT2D eigenvalue weighted by Gasteiger charge is 2.18. The van der Waals surface area contributed by atoms with Crippen LogP contribution in [0.25, 0.3) is 0 Å². The number of benzene rings is 1. The van der Waals surface area contributed by atoms with Crippen molar-refractivity contribution < 1.29 is 19.1 Å². The third-order valence-corrected chi connectivity index (χ3v) is 3.19. The number of amides is 1. The summed E-state index contributed by atoms with van der Waals surface area (Å²) in [4.78, 5) is 23.6. The maximum Gasteiger partial charge on any atom is 0.342 e. The summed E-state index contributed by atoms with van der Waals surface area (Å²) in [6.45, 7) is 5.54. The van der Waals surface area contributed by atoms with Gasteiger partial charge in [0.1, 0.15) is 5.56 Å². The summed E-state index contributed by atoms with van der Waals surface area (Å²) in [5.74, 6) is -0.434. The quantitative estimate of drug-likeness (QED) is 0.614. The molecule has 0 fully saturated rings. The number of esters is 1. The van der Waals surface area contributed by atoms with Crippen molar-refractivity contribution in [1.82, 2.24) is 5.32 Å². The predicted octanol–water partition coefficient (Wildman–Crippen LogP) is 1.59. The van der Waals surface area contributed by atoms with Crippen LogP contribution >= 0.6 is 0 Å². The van der Waals surface area contributed by atoms with E-state index in [4.69, 9.17) is 15.2 Å². The highest BCUT2D eigenvalue weighted by molar-refractivity contribution is 5.95. The number of rotatable bonds is 6. The standard InChI is InChI=1S/C15H22N2O4/c1-9(2)10(3)17-13(18)8-21-15(19)11-6-5-7-12(16)14(11)20-4/h5-7,9-10H,8,16H2,1-4H3,(H,17,18). The van der Waals surface area contributed by atoms with Gasteiger partial charge in [0, 0.05) is 6.04 Å². The number of carbonyl (C=O) groups excluding carboxylic acids is 2. The minimum Gasteiger partial charge on any atom is -0.494 e. The van der Waals surface area contributed by atoms with Crippen molar-refractivity contribution in [3.8, 4) is 5.75 Å². The SMILES string of the molecule is COc1c(N)cccc1C(=O)OCC(=O)NC(C)C(C)C. The van der Waals surface area contributed by atoms with Crippen molar-refractivity contribution in [2.45, 2.75) is 26.8 Å². The Hall–Kier alpha value is -2.24. The van der Waals surface area contributed by atoms with Gasteiger partial charge >= 0.3 is 5.97 Å². The van der Waals surface area contributed by atoms with Crippen molar-refractivity contribution in [3.63, 3.8) is 0 Å². The molecule has 1 unspecified atom stereocenters. The number of carbonyl (C=O) groups is 2. The van der Waals surface area contributed by atoms with Gasteiger partial charge < -0.3 is 20.5 Å². The molecule has 6 nitrogen and oxygen atoms in total. The van der Waals surface area contributed by atoms with E-state index in [9.17, 15) is 9.59 Å². The van der Waals surface area contributed by atoms with Gasteiger partial charge in [-0.1, -0.05) is 19.9 Å². The van der Waals surface area contributed by atoms with E-state index in [0.29, 0.717) is 11.6 Å². The van der Waals surface area contributed by atoms with E-state index in [2.05, 4.69) is 5.32 Å². The van der Waals surface area contributed by atoms with E-state index in [0.717, 1.165) is 0 Å². The fourth-order valence-corrected chi connectivity index (χ4v) is 1.61. The van der Waals surface area contributed by atoms with E-state index in [1.165, 1.54) is 13.2 Å². The monoisotopic (exact) mass is 294 g/mol. The molecule has 0 aliphatic carbocycles. The Kier molecular flexibility index (Phi) is 6.02. The van der Waals surface area contributed by atoms with Gasteiger partial charge in [-0.3, -0.25) is 4.79 Å². The summed E-state index contributed by atoms with van der Waals surface area (Å²) in [6.07, 6.45) is 0. The molecule has 1 atom stereocenters. The second-order valence-corrected chi connectivity index (χ2v) is 5.10. The molecule has 1 aromatic rings. The maximum atomic E-state index is 12.0. The van der Waals surface area contributed by atoms with E-state index < -0.39 is 5.97 Å². The smallest absolute Gasteiger partial charge is 0.342 e. The highest BCUT2D eigenvalue weighted by atomic mass is 16.5. The molecular formula is C15H22N2O4. The molecule has 0 bridgehead atoms. The number of hydrogen-bond acceptors (Lipinski definition) is 5. The molecule has 21 heavy (non-hydrogen) atoms. The van der Waals surface area contributed by atoms with Crippen LogP contribution in [0.2, 0.25) is 0 Å². The van der Waals surface area contributed by atoms with Crippen molar-refractivity contribution in [1.29, 1.82) is 0 Å². The molecule has 0 aliphatic heterocycles. The maximum absolute atomic E-state index is 12.0. The van der Waals surface area contributed by atoms with Crippen LogP contribution in [-0.2, 0) is 9.53 Å². The molecule has 6 heteroatoms. The number of nitrogen functional groups attached to an aromatic ring is 1. The normalized spacial score (nSPS) is 11.9. The van der Waals surface area contributed by atoms with Crippen LogP contribution < -0.4 is 15.8 Å². The predicted molar refractivity (Wildman–Crippen MR) is 80.1 cm³/mol. The lowest BCUT2D eigenvalue weighted by atomic mass is 10.1. The van der Waals surface area contributed by atoms with Crippen molar-refractivity contribution in [2.75, 3.05) is 19.5 Å². The van der Waals surface area contributed by atoms with E-state index in [-0.39, 0.29) is 29.9 Å². The first kappa shape index (κ1) is 16.8. The first-order valence-electron chi connectivity index (χ1n) is 6.75. The van der Waals surface area contributed by atoms with Crippen LogP contribution in [0.4, 0.5) is 5.69 Å². The summed E-state index contributed by atoms with van der Waals surface area (Å²) in [5.41, 5.74) is 6.25. The van der Waals surface area contributed by atoms with Gasteiger partial charge in [0.15, 0.2) is 12.4 Å². The van der Waals surface area contributed by atoms with Crippen LogP contribution in [0, 0.1) is 5.92 Å². The van der Waals surface area contributed by atoms with E-state index in [1.54, 1.807) is 12.1 Å². The number of hydrogen-bond donors (Lipinski definition) is 2. The van der Waals surface area contributed by atoms with Crippen molar-refractivity contribution in [2.24, 2.45) is 5.92 Å². The molecule has 0 saturated carbocycles. The lowest BCUT2D eigenvalue weighted by Gasteiger charge is -2.17. The van der Waals surface area contributed by atoms with Gasteiger partial charge in [0.05, 0.1) is 12.8 Å². The second kappa shape index (κ2) is 7.52. The molecule has 0 saturated heterocycles. The summed E-state index contributed by atoms with van der Waals surface area (Å²) in [5, 5.41) is 2.75. The first-order valence-corrected chi connectivity index (χ1v) is 6.75. The van der Waals surface area contributed by atoms with Crippen LogP contribution in [0.3, 0.4) is 0 Å².